The fraction of sp³-hybridized carbons (Fsp3) is 0.333. The maximum atomic E-state index is 12.0. The van der Waals surface area contributed by atoms with Gasteiger partial charge in [0.25, 0.3) is 0 Å². The van der Waals surface area contributed by atoms with Crippen LogP contribution in [0.3, 0.4) is 0 Å². The maximum Gasteiger partial charge on any atom is 0.435 e. The minimum Gasteiger partial charge on any atom is -0.285 e. The Hall–Kier alpha value is -1.00. The Balaban J connectivity index is 3.02. The van der Waals surface area contributed by atoms with Crippen LogP contribution in [-0.4, -0.2) is 10.2 Å². The zero-order chi connectivity index (χ0) is 8.48. The van der Waals surface area contributed by atoms with Crippen molar-refractivity contribution in [2.24, 2.45) is 0 Å². The van der Waals surface area contributed by atoms with Gasteiger partial charge in [0.2, 0.25) is 0 Å². The summed E-state index contributed by atoms with van der Waals surface area (Å²) in [6.07, 6.45) is -3.08. The highest BCUT2D eigenvalue weighted by Crippen LogP contribution is 2.29. The van der Waals surface area contributed by atoms with Crippen molar-refractivity contribution < 1.29 is 13.2 Å². The lowest BCUT2D eigenvalue weighted by Gasteiger charge is -2.02. The summed E-state index contributed by atoms with van der Waals surface area (Å²) >= 11 is 0. The molecule has 1 heterocycles. The summed E-state index contributed by atoms with van der Waals surface area (Å²) in [7, 11) is 0. The molecule has 1 aromatic heterocycles. The van der Waals surface area contributed by atoms with E-state index in [1.165, 1.54) is 6.20 Å². The smallest absolute Gasteiger partial charge is 0.285 e. The average Bonchev–Trinajstić information content (AvgIpc) is 2.31. The Morgan fingerprint density at radius 1 is 1.55 bits per heavy atom. The number of aromatic amines is 1. The van der Waals surface area contributed by atoms with Gasteiger partial charge in [-0.15, -0.1) is 0 Å². The van der Waals surface area contributed by atoms with E-state index in [-0.39, 0.29) is 12.0 Å². The Labute approximate surface area is 61.4 Å². The molecule has 0 saturated carbocycles. The van der Waals surface area contributed by atoms with E-state index >= 15 is 0 Å². The van der Waals surface area contributed by atoms with Crippen molar-refractivity contribution in [1.29, 1.82) is 0 Å². The molecule has 1 radical (unpaired) electrons. The van der Waals surface area contributed by atoms with Crippen LogP contribution in [0.1, 0.15) is 11.3 Å². The van der Waals surface area contributed by atoms with Crippen LogP contribution in [-0.2, 0) is 12.6 Å². The van der Waals surface area contributed by atoms with E-state index in [1.807, 2.05) is 0 Å². The Kier molecular flexibility index (Phi) is 1.89. The third-order valence-electron chi connectivity index (χ3n) is 1.26. The van der Waals surface area contributed by atoms with Crippen molar-refractivity contribution in [2.45, 2.75) is 12.6 Å². The summed E-state index contributed by atoms with van der Waals surface area (Å²) in [6.45, 7) is 3.34. The minimum atomic E-state index is -4.37. The summed E-state index contributed by atoms with van der Waals surface area (Å²) in [5.41, 5.74) is -0.773. The van der Waals surface area contributed by atoms with E-state index in [4.69, 9.17) is 0 Å². The predicted molar refractivity (Wildman–Crippen MR) is 32.7 cm³/mol. The molecule has 0 aliphatic carbocycles. The Bertz CT molecular complexity index is 238. The van der Waals surface area contributed by atoms with Gasteiger partial charge in [0.1, 0.15) is 0 Å². The maximum absolute atomic E-state index is 12.0. The third kappa shape index (κ3) is 1.53. The quantitative estimate of drug-likeness (QED) is 0.671. The predicted octanol–water partition coefficient (Wildman–Crippen LogP) is 1.81. The van der Waals surface area contributed by atoms with E-state index in [1.54, 1.807) is 0 Å². The SMILES string of the molecule is [CH2]Cc1c[nH]nc1C(F)(F)F. The first-order valence-electron chi connectivity index (χ1n) is 2.95. The van der Waals surface area contributed by atoms with E-state index in [9.17, 15) is 13.2 Å². The molecule has 0 bridgehead atoms. The molecule has 5 heteroatoms. The Morgan fingerprint density at radius 3 is 2.55 bits per heavy atom. The van der Waals surface area contributed by atoms with Crippen molar-refractivity contribution in [3.63, 3.8) is 0 Å². The summed E-state index contributed by atoms with van der Waals surface area (Å²) in [5, 5.41) is 5.21. The highest BCUT2D eigenvalue weighted by atomic mass is 19.4. The largest absolute Gasteiger partial charge is 0.435 e. The lowest BCUT2D eigenvalue weighted by Crippen LogP contribution is -2.08. The second kappa shape index (κ2) is 2.56. The second-order valence-electron chi connectivity index (χ2n) is 2.01. The van der Waals surface area contributed by atoms with Crippen LogP contribution < -0.4 is 0 Å². The molecule has 1 N–H and O–H groups in total. The van der Waals surface area contributed by atoms with E-state index in [0.717, 1.165) is 0 Å². The van der Waals surface area contributed by atoms with Gasteiger partial charge in [-0.1, -0.05) is 0 Å². The standard InChI is InChI=1S/C6H6F3N2/c1-2-4-3-10-11-5(4)6(7,8)9/h3H,1-2H2,(H,10,11). The molecule has 1 aromatic rings. The number of rotatable bonds is 1. The summed E-state index contributed by atoms with van der Waals surface area (Å²) < 4.78 is 35.9. The molecular weight excluding hydrogens is 157 g/mol. The monoisotopic (exact) mass is 163 g/mol. The molecule has 61 valence electrons. The van der Waals surface area contributed by atoms with Crippen molar-refractivity contribution in [2.75, 3.05) is 0 Å². The van der Waals surface area contributed by atoms with Crippen LogP contribution in [0.25, 0.3) is 0 Å². The molecule has 0 aliphatic heterocycles. The summed E-state index contributed by atoms with van der Waals surface area (Å²) in [5.74, 6) is 0. The van der Waals surface area contributed by atoms with Crippen molar-refractivity contribution in [3.8, 4) is 0 Å². The molecule has 0 aliphatic rings. The first-order valence-corrected chi connectivity index (χ1v) is 2.95. The highest BCUT2D eigenvalue weighted by Gasteiger charge is 2.35. The van der Waals surface area contributed by atoms with Crippen molar-refractivity contribution >= 4 is 0 Å². The van der Waals surface area contributed by atoms with Crippen LogP contribution in [0.5, 0.6) is 0 Å². The van der Waals surface area contributed by atoms with Crippen LogP contribution in [0, 0.1) is 6.92 Å². The molecule has 1 rings (SSSR count). The number of halogens is 3. The van der Waals surface area contributed by atoms with Gasteiger partial charge in [0.05, 0.1) is 0 Å². The molecule has 0 fully saturated rings. The average molecular weight is 163 g/mol. The van der Waals surface area contributed by atoms with E-state index in [0.29, 0.717) is 0 Å². The van der Waals surface area contributed by atoms with Gasteiger partial charge in [-0.3, -0.25) is 5.10 Å². The Morgan fingerprint density at radius 2 is 2.18 bits per heavy atom. The van der Waals surface area contributed by atoms with Crippen LogP contribution in [0.4, 0.5) is 13.2 Å². The normalized spacial score (nSPS) is 12.0. The lowest BCUT2D eigenvalue weighted by atomic mass is 10.2. The molecule has 0 atom stereocenters. The number of alkyl halides is 3. The lowest BCUT2D eigenvalue weighted by molar-refractivity contribution is -0.141. The molecule has 0 unspecified atom stereocenters. The van der Waals surface area contributed by atoms with Crippen LogP contribution in [0.2, 0.25) is 0 Å². The molecule has 0 aromatic carbocycles. The number of nitrogens with one attached hydrogen (secondary N) is 1. The number of aromatic nitrogens is 2. The zero-order valence-corrected chi connectivity index (χ0v) is 5.57. The molecule has 0 spiro atoms. The van der Waals surface area contributed by atoms with Crippen LogP contribution in [0.15, 0.2) is 6.20 Å². The van der Waals surface area contributed by atoms with Gasteiger partial charge in [0, 0.05) is 11.8 Å². The van der Waals surface area contributed by atoms with E-state index in [2.05, 4.69) is 17.1 Å². The van der Waals surface area contributed by atoms with E-state index < -0.39 is 11.9 Å². The highest BCUT2D eigenvalue weighted by molar-refractivity contribution is 5.19. The van der Waals surface area contributed by atoms with Crippen molar-refractivity contribution in [3.05, 3.63) is 24.4 Å². The summed E-state index contributed by atoms with van der Waals surface area (Å²) in [4.78, 5) is 0. The van der Waals surface area contributed by atoms with Gasteiger partial charge >= 0.3 is 6.18 Å². The first kappa shape index (κ1) is 8.10. The number of nitrogens with zero attached hydrogens (tertiary/aromatic N) is 1. The molecule has 2 nitrogen and oxygen atoms in total. The fourth-order valence-corrected chi connectivity index (χ4v) is 0.751. The zero-order valence-electron chi connectivity index (χ0n) is 5.57. The van der Waals surface area contributed by atoms with Gasteiger partial charge in [-0.05, 0) is 13.3 Å². The fourth-order valence-electron chi connectivity index (χ4n) is 0.751. The minimum absolute atomic E-state index is 0.0886. The number of hydrogen-bond acceptors (Lipinski definition) is 1. The van der Waals surface area contributed by atoms with Gasteiger partial charge in [-0.2, -0.15) is 18.3 Å². The van der Waals surface area contributed by atoms with Gasteiger partial charge < -0.3 is 0 Å². The number of hydrogen-bond donors (Lipinski definition) is 1. The molecule has 0 amide bonds. The van der Waals surface area contributed by atoms with Gasteiger partial charge in [0.15, 0.2) is 5.69 Å². The second-order valence-corrected chi connectivity index (χ2v) is 2.01. The number of H-pyrrole nitrogens is 1. The molecule has 11 heavy (non-hydrogen) atoms. The molecular formula is C6H6F3N2. The first-order chi connectivity index (χ1) is 5.05. The third-order valence-corrected chi connectivity index (χ3v) is 1.26. The van der Waals surface area contributed by atoms with Crippen molar-refractivity contribution in [1.82, 2.24) is 10.2 Å². The summed E-state index contributed by atoms with van der Waals surface area (Å²) in [6, 6.07) is 0. The molecule has 0 saturated heterocycles. The van der Waals surface area contributed by atoms with Gasteiger partial charge in [-0.25, -0.2) is 0 Å². The topological polar surface area (TPSA) is 28.7 Å². The van der Waals surface area contributed by atoms with Crippen LogP contribution >= 0.6 is 0 Å².